The monoisotopic (exact) mass is 364 g/mol. The van der Waals surface area contributed by atoms with Gasteiger partial charge in [0.15, 0.2) is 0 Å². The van der Waals surface area contributed by atoms with Crippen molar-refractivity contribution >= 4 is 17.2 Å². The predicted octanol–water partition coefficient (Wildman–Crippen LogP) is 3.15. The molecule has 2 rings (SSSR count). The number of aromatic nitrogens is 1. The predicted molar refractivity (Wildman–Crippen MR) is 97.6 cm³/mol. The van der Waals surface area contributed by atoms with Crippen LogP contribution >= 0.6 is 11.3 Å². The van der Waals surface area contributed by atoms with Gasteiger partial charge in [0.05, 0.1) is 26.0 Å². The Balaban J connectivity index is 2.16. The summed E-state index contributed by atoms with van der Waals surface area (Å²) in [5.74, 6) is 0.758. The van der Waals surface area contributed by atoms with Crippen molar-refractivity contribution in [1.29, 1.82) is 0 Å². The van der Waals surface area contributed by atoms with Gasteiger partial charge in [-0.1, -0.05) is 23.5 Å². The van der Waals surface area contributed by atoms with Crippen molar-refractivity contribution in [2.75, 3.05) is 34.0 Å². The van der Waals surface area contributed by atoms with Gasteiger partial charge in [0.1, 0.15) is 10.6 Å². The summed E-state index contributed by atoms with van der Waals surface area (Å²) in [6.07, 6.45) is 0. The van der Waals surface area contributed by atoms with E-state index in [0.29, 0.717) is 42.1 Å². The van der Waals surface area contributed by atoms with Gasteiger partial charge in [0, 0.05) is 20.2 Å². The fraction of sp³-hybridized carbons (Fsp3) is 0.444. The summed E-state index contributed by atoms with van der Waals surface area (Å²) in [4.78, 5) is 19.5. The maximum atomic E-state index is 12.9. The van der Waals surface area contributed by atoms with Crippen molar-refractivity contribution in [3.63, 3.8) is 0 Å². The zero-order valence-electron chi connectivity index (χ0n) is 15.1. The van der Waals surface area contributed by atoms with Gasteiger partial charge in [0.25, 0.3) is 11.1 Å². The second-order valence-corrected chi connectivity index (χ2v) is 6.36. The van der Waals surface area contributed by atoms with Crippen LogP contribution in [0, 0.1) is 6.92 Å². The minimum absolute atomic E-state index is 0.0655. The van der Waals surface area contributed by atoms with E-state index in [1.54, 1.807) is 19.1 Å². The van der Waals surface area contributed by atoms with Gasteiger partial charge in [-0.2, -0.15) is 0 Å². The number of hydrogen-bond acceptors (Lipinski definition) is 6. The van der Waals surface area contributed by atoms with Gasteiger partial charge in [-0.05, 0) is 31.5 Å². The molecule has 1 amide bonds. The first-order valence-electron chi connectivity index (χ1n) is 8.10. The third-order valence-electron chi connectivity index (χ3n) is 3.61. The number of amides is 1. The highest BCUT2D eigenvalue weighted by atomic mass is 32.1. The molecule has 0 aliphatic rings. The van der Waals surface area contributed by atoms with Crippen LogP contribution in [0.3, 0.4) is 0 Å². The number of rotatable bonds is 9. The summed E-state index contributed by atoms with van der Waals surface area (Å²) in [5, 5.41) is 0.494. The molecule has 0 fully saturated rings. The Kier molecular flexibility index (Phi) is 7.21. The quantitative estimate of drug-likeness (QED) is 0.684. The van der Waals surface area contributed by atoms with E-state index in [0.717, 1.165) is 11.3 Å². The Morgan fingerprint density at radius 2 is 1.96 bits per heavy atom. The first kappa shape index (κ1) is 19.2. The molecule has 25 heavy (non-hydrogen) atoms. The van der Waals surface area contributed by atoms with Crippen LogP contribution in [-0.2, 0) is 11.3 Å². The van der Waals surface area contributed by atoms with E-state index in [-0.39, 0.29) is 5.91 Å². The van der Waals surface area contributed by atoms with Gasteiger partial charge in [0.2, 0.25) is 0 Å². The molecule has 7 heteroatoms. The van der Waals surface area contributed by atoms with Crippen molar-refractivity contribution in [1.82, 2.24) is 9.88 Å². The molecule has 1 aromatic heterocycles. The van der Waals surface area contributed by atoms with Crippen molar-refractivity contribution in [3.8, 4) is 10.9 Å². The highest BCUT2D eigenvalue weighted by Crippen LogP contribution is 2.26. The van der Waals surface area contributed by atoms with Crippen molar-refractivity contribution in [2.45, 2.75) is 20.4 Å². The van der Waals surface area contributed by atoms with Crippen LogP contribution in [0.25, 0.3) is 0 Å². The zero-order chi connectivity index (χ0) is 18.2. The number of carbonyl (C=O) groups is 1. The molecule has 0 spiro atoms. The van der Waals surface area contributed by atoms with E-state index >= 15 is 0 Å². The molecule has 136 valence electrons. The van der Waals surface area contributed by atoms with Crippen LogP contribution in [0.1, 0.15) is 27.9 Å². The number of methoxy groups -OCH3 is 2. The highest BCUT2D eigenvalue weighted by Gasteiger charge is 2.22. The van der Waals surface area contributed by atoms with Gasteiger partial charge in [-0.15, -0.1) is 0 Å². The van der Waals surface area contributed by atoms with E-state index in [4.69, 9.17) is 14.2 Å². The normalized spacial score (nSPS) is 10.6. The third kappa shape index (κ3) is 5.17. The molecular weight excluding hydrogens is 340 g/mol. The fourth-order valence-corrected chi connectivity index (χ4v) is 3.18. The van der Waals surface area contributed by atoms with Gasteiger partial charge in [-0.25, -0.2) is 4.98 Å². The summed E-state index contributed by atoms with van der Waals surface area (Å²) in [6.45, 7) is 5.86. The number of hydrogen-bond donors (Lipinski definition) is 0. The molecule has 0 atom stereocenters. The van der Waals surface area contributed by atoms with E-state index in [9.17, 15) is 4.79 Å². The minimum Gasteiger partial charge on any atom is -0.494 e. The summed E-state index contributed by atoms with van der Waals surface area (Å²) >= 11 is 1.26. The van der Waals surface area contributed by atoms with Crippen LogP contribution in [0.4, 0.5) is 0 Å². The maximum absolute atomic E-state index is 12.9. The summed E-state index contributed by atoms with van der Waals surface area (Å²) in [5.41, 5.74) is 1.71. The van der Waals surface area contributed by atoms with E-state index in [1.165, 1.54) is 11.3 Å². The highest BCUT2D eigenvalue weighted by molar-refractivity contribution is 7.15. The summed E-state index contributed by atoms with van der Waals surface area (Å²) < 4.78 is 15.7. The standard InChI is InChI=1S/C18H24N2O4S/c1-5-24-15-8-6-14(7-9-15)12-20(10-11-22-3)17(21)16-13(2)19-18(23-4)25-16/h6-9H,5,10-12H2,1-4H3. The SMILES string of the molecule is CCOc1ccc(CN(CCOC)C(=O)c2sc(OC)nc2C)cc1. The zero-order valence-corrected chi connectivity index (χ0v) is 15.9. The van der Waals surface area contributed by atoms with Crippen LogP contribution in [0.2, 0.25) is 0 Å². The molecular formula is C18H24N2O4S. The first-order chi connectivity index (χ1) is 12.1. The van der Waals surface area contributed by atoms with Crippen LogP contribution in [0.15, 0.2) is 24.3 Å². The Morgan fingerprint density at radius 1 is 1.24 bits per heavy atom. The molecule has 0 saturated carbocycles. The second kappa shape index (κ2) is 9.39. The second-order valence-electron chi connectivity index (χ2n) is 5.39. The van der Waals surface area contributed by atoms with E-state index in [1.807, 2.05) is 38.1 Å². The minimum atomic E-state index is -0.0655. The molecule has 0 unspecified atom stereocenters. The molecule has 1 aromatic carbocycles. The molecule has 2 aromatic rings. The lowest BCUT2D eigenvalue weighted by Gasteiger charge is -2.22. The number of benzene rings is 1. The molecule has 0 aliphatic carbocycles. The molecule has 0 aliphatic heterocycles. The van der Waals surface area contributed by atoms with E-state index < -0.39 is 0 Å². The lowest BCUT2D eigenvalue weighted by Crippen LogP contribution is -2.33. The van der Waals surface area contributed by atoms with Gasteiger partial charge >= 0.3 is 0 Å². The fourth-order valence-electron chi connectivity index (χ4n) is 2.33. The van der Waals surface area contributed by atoms with Crippen LogP contribution < -0.4 is 9.47 Å². The lowest BCUT2D eigenvalue weighted by atomic mass is 10.2. The van der Waals surface area contributed by atoms with Crippen molar-refractivity contribution < 1.29 is 19.0 Å². The van der Waals surface area contributed by atoms with E-state index in [2.05, 4.69) is 4.98 Å². The number of nitrogens with zero attached hydrogens (tertiary/aromatic N) is 2. The van der Waals surface area contributed by atoms with Gasteiger partial charge < -0.3 is 19.1 Å². The molecule has 0 radical (unpaired) electrons. The smallest absolute Gasteiger partial charge is 0.273 e. The Bertz CT molecular complexity index is 685. The molecule has 6 nitrogen and oxygen atoms in total. The Labute approximate surface area is 152 Å². The van der Waals surface area contributed by atoms with Gasteiger partial charge in [-0.3, -0.25) is 4.79 Å². The number of aryl methyl sites for hydroxylation is 1. The number of carbonyl (C=O) groups excluding carboxylic acids is 1. The Morgan fingerprint density at radius 3 is 2.52 bits per heavy atom. The number of ether oxygens (including phenoxy) is 3. The average molecular weight is 364 g/mol. The molecule has 0 saturated heterocycles. The molecule has 1 heterocycles. The Hall–Kier alpha value is -2.12. The first-order valence-corrected chi connectivity index (χ1v) is 8.92. The van der Waals surface area contributed by atoms with Crippen LogP contribution in [-0.4, -0.2) is 49.8 Å². The number of thiazole rings is 1. The van der Waals surface area contributed by atoms with Crippen molar-refractivity contribution in [3.05, 3.63) is 40.4 Å². The lowest BCUT2D eigenvalue weighted by molar-refractivity contribution is 0.0684. The van der Waals surface area contributed by atoms with Crippen molar-refractivity contribution in [2.24, 2.45) is 0 Å². The van der Waals surface area contributed by atoms with Crippen LogP contribution in [0.5, 0.6) is 10.9 Å². The summed E-state index contributed by atoms with van der Waals surface area (Å²) in [6, 6.07) is 7.77. The third-order valence-corrected chi connectivity index (χ3v) is 4.71. The average Bonchev–Trinajstić information content (AvgIpc) is 3.00. The maximum Gasteiger partial charge on any atom is 0.273 e. The molecule has 0 bridgehead atoms. The summed E-state index contributed by atoms with van der Waals surface area (Å²) in [7, 11) is 3.18. The topological polar surface area (TPSA) is 60.9 Å². The largest absolute Gasteiger partial charge is 0.494 e. The molecule has 0 N–H and O–H groups in total.